The first-order valence-electron chi connectivity index (χ1n) is 10.8. The lowest BCUT2D eigenvalue weighted by molar-refractivity contribution is -0.122. The van der Waals surface area contributed by atoms with Crippen LogP contribution in [-0.4, -0.2) is 35.2 Å². The first-order chi connectivity index (χ1) is 15.5. The molecule has 166 valence electrons. The van der Waals surface area contributed by atoms with E-state index in [-0.39, 0.29) is 24.4 Å². The van der Waals surface area contributed by atoms with Gasteiger partial charge in [-0.05, 0) is 68.5 Å². The number of carbonyl (C=O) groups is 3. The van der Waals surface area contributed by atoms with Crippen LogP contribution in [0.3, 0.4) is 0 Å². The van der Waals surface area contributed by atoms with E-state index in [1.807, 2.05) is 0 Å². The Morgan fingerprint density at radius 1 is 1.09 bits per heavy atom. The molecule has 0 radical (unpaired) electrons. The molecule has 32 heavy (non-hydrogen) atoms. The summed E-state index contributed by atoms with van der Waals surface area (Å²) in [5, 5.41) is 0. The van der Waals surface area contributed by atoms with Crippen molar-refractivity contribution in [3.05, 3.63) is 76.0 Å². The standard InChI is InChI=1S/C25H24BrFN2O3/c26-18-10-12-19(13-11-18)29-23(30)16-22(25(29)32)28(15-14-17-6-2-1-3-7-17)24(31)20-8-4-5-9-21(20)27/h4-6,8-13,22H,1-3,7,14-16H2. The molecule has 0 spiro atoms. The van der Waals surface area contributed by atoms with Crippen molar-refractivity contribution < 1.29 is 18.8 Å². The topological polar surface area (TPSA) is 57.7 Å². The number of imide groups is 1. The van der Waals surface area contributed by atoms with Gasteiger partial charge in [-0.15, -0.1) is 0 Å². The summed E-state index contributed by atoms with van der Waals surface area (Å²) in [4.78, 5) is 41.9. The number of benzene rings is 2. The Labute approximate surface area is 195 Å². The van der Waals surface area contributed by atoms with E-state index in [1.165, 1.54) is 28.7 Å². The van der Waals surface area contributed by atoms with E-state index in [0.717, 1.165) is 35.1 Å². The van der Waals surface area contributed by atoms with E-state index >= 15 is 0 Å². The molecule has 0 saturated carbocycles. The zero-order valence-corrected chi connectivity index (χ0v) is 19.2. The Morgan fingerprint density at radius 2 is 1.84 bits per heavy atom. The molecule has 0 N–H and O–H groups in total. The van der Waals surface area contributed by atoms with Gasteiger partial charge in [0.15, 0.2) is 0 Å². The number of rotatable bonds is 6. The molecule has 0 aromatic heterocycles. The summed E-state index contributed by atoms with van der Waals surface area (Å²) >= 11 is 3.35. The Bertz CT molecular complexity index is 1070. The maximum Gasteiger partial charge on any atom is 0.257 e. The van der Waals surface area contributed by atoms with Crippen LogP contribution in [0.15, 0.2) is 64.7 Å². The van der Waals surface area contributed by atoms with Crippen molar-refractivity contribution in [2.24, 2.45) is 0 Å². The maximum atomic E-state index is 14.4. The van der Waals surface area contributed by atoms with Crippen molar-refractivity contribution in [1.29, 1.82) is 0 Å². The second-order valence-corrected chi connectivity index (χ2v) is 9.02. The van der Waals surface area contributed by atoms with Crippen LogP contribution in [0.1, 0.15) is 48.9 Å². The number of allylic oxidation sites excluding steroid dienone is 1. The van der Waals surface area contributed by atoms with Crippen LogP contribution >= 0.6 is 15.9 Å². The Kier molecular flexibility index (Phi) is 6.84. The number of anilines is 1. The SMILES string of the molecule is O=C1CC(N(CCC2=CCCCC2)C(=O)c2ccccc2F)C(=O)N1c1ccc(Br)cc1. The third-order valence-electron chi connectivity index (χ3n) is 6.01. The minimum atomic E-state index is -0.956. The zero-order chi connectivity index (χ0) is 22.7. The monoisotopic (exact) mass is 498 g/mol. The molecule has 2 aromatic rings. The largest absolute Gasteiger partial charge is 0.326 e. The van der Waals surface area contributed by atoms with Gasteiger partial charge in [0.2, 0.25) is 5.91 Å². The molecule has 2 aromatic carbocycles. The zero-order valence-electron chi connectivity index (χ0n) is 17.6. The average Bonchev–Trinajstić information content (AvgIpc) is 3.09. The number of carbonyl (C=O) groups excluding carboxylic acids is 3. The smallest absolute Gasteiger partial charge is 0.257 e. The molecule has 7 heteroatoms. The number of amides is 3. The lowest BCUT2D eigenvalue weighted by atomic mass is 9.96. The summed E-state index contributed by atoms with van der Waals surface area (Å²) in [6, 6.07) is 11.7. The molecule has 1 aliphatic heterocycles. The number of halogens is 2. The molecule has 1 heterocycles. The van der Waals surface area contributed by atoms with Crippen molar-refractivity contribution in [1.82, 2.24) is 4.90 Å². The fourth-order valence-electron chi connectivity index (χ4n) is 4.30. The summed E-state index contributed by atoms with van der Waals surface area (Å²) in [5.74, 6) is -2.03. The molecule has 1 unspecified atom stereocenters. The van der Waals surface area contributed by atoms with E-state index in [9.17, 15) is 18.8 Å². The van der Waals surface area contributed by atoms with Crippen LogP contribution in [0, 0.1) is 5.82 Å². The van der Waals surface area contributed by atoms with Gasteiger partial charge >= 0.3 is 0 Å². The number of hydrogen-bond acceptors (Lipinski definition) is 3. The molecular formula is C25H24BrFN2O3. The van der Waals surface area contributed by atoms with Gasteiger partial charge in [-0.2, -0.15) is 0 Å². The predicted octanol–water partition coefficient (Wildman–Crippen LogP) is 5.25. The summed E-state index contributed by atoms with van der Waals surface area (Å²) in [7, 11) is 0. The van der Waals surface area contributed by atoms with Gasteiger partial charge < -0.3 is 4.90 Å². The average molecular weight is 499 g/mol. The minimum absolute atomic E-state index is 0.0903. The highest BCUT2D eigenvalue weighted by Gasteiger charge is 2.44. The maximum absolute atomic E-state index is 14.4. The van der Waals surface area contributed by atoms with Crippen molar-refractivity contribution in [3.63, 3.8) is 0 Å². The lowest BCUT2D eigenvalue weighted by Crippen LogP contribution is -2.46. The third-order valence-corrected chi connectivity index (χ3v) is 6.54. The highest BCUT2D eigenvalue weighted by molar-refractivity contribution is 9.10. The molecule has 2 aliphatic rings. The van der Waals surface area contributed by atoms with E-state index < -0.39 is 23.7 Å². The van der Waals surface area contributed by atoms with E-state index in [0.29, 0.717) is 12.1 Å². The number of hydrogen-bond donors (Lipinski definition) is 0. The highest BCUT2D eigenvalue weighted by atomic mass is 79.9. The third kappa shape index (κ3) is 4.67. The van der Waals surface area contributed by atoms with Crippen LogP contribution in [0.2, 0.25) is 0 Å². The summed E-state index contributed by atoms with van der Waals surface area (Å²) in [6.07, 6.45) is 6.90. The van der Waals surface area contributed by atoms with Gasteiger partial charge in [-0.3, -0.25) is 14.4 Å². The fraction of sp³-hybridized carbons (Fsp3) is 0.320. The van der Waals surface area contributed by atoms with Gasteiger partial charge in [-0.1, -0.05) is 39.7 Å². The van der Waals surface area contributed by atoms with Crippen molar-refractivity contribution in [2.75, 3.05) is 11.4 Å². The van der Waals surface area contributed by atoms with Crippen LogP contribution in [0.4, 0.5) is 10.1 Å². The molecule has 1 saturated heterocycles. The molecule has 4 rings (SSSR count). The molecule has 1 atom stereocenters. The molecular weight excluding hydrogens is 475 g/mol. The van der Waals surface area contributed by atoms with E-state index in [1.54, 1.807) is 30.3 Å². The number of nitrogens with zero attached hydrogens (tertiary/aromatic N) is 2. The first kappa shape index (κ1) is 22.4. The van der Waals surface area contributed by atoms with Crippen molar-refractivity contribution >= 4 is 39.3 Å². The lowest BCUT2D eigenvalue weighted by Gasteiger charge is -2.29. The Hall–Kier alpha value is -2.80. The Morgan fingerprint density at radius 3 is 2.53 bits per heavy atom. The second kappa shape index (κ2) is 9.77. The van der Waals surface area contributed by atoms with Crippen LogP contribution < -0.4 is 4.90 Å². The summed E-state index contributed by atoms with van der Waals surface area (Å²) < 4.78 is 15.2. The van der Waals surface area contributed by atoms with Crippen LogP contribution in [0.5, 0.6) is 0 Å². The molecule has 3 amide bonds. The van der Waals surface area contributed by atoms with Crippen molar-refractivity contribution in [2.45, 2.75) is 44.6 Å². The van der Waals surface area contributed by atoms with Gasteiger partial charge in [0, 0.05) is 11.0 Å². The highest BCUT2D eigenvalue weighted by Crippen LogP contribution is 2.29. The van der Waals surface area contributed by atoms with Gasteiger partial charge in [0.1, 0.15) is 11.9 Å². The molecule has 5 nitrogen and oxygen atoms in total. The van der Waals surface area contributed by atoms with Gasteiger partial charge in [0.05, 0.1) is 17.7 Å². The fourth-order valence-corrected chi connectivity index (χ4v) is 4.57. The second-order valence-electron chi connectivity index (χ2n) is 8.10. The Balaban J connectivity index is 1.62. The normalized spacial score (nSPS) is 18.6. The van der Waals surface area contributed by atoms with Gasteiger partial charge in [0.25, 0.3) is 11.8 Å². The summed E-state index contributed by atoms with van der Waals surface area (Å²) in [6.45, 7) is 0.261. The molecule has 1 aliphatic carbocycles. The van der Waals surface area contributed by atoms with Gasteiger partial charge in [-0.25, -0.2) is 9.29 Å². The predicted molar refractivity (Wildman–Crippen MR) is 124 cm³/mol. The van der Waals surface area contributed by atoms with Crippen LogP contribution in [0.25, 0.3) is 0 Å². The summed E-state index contributed by atoms with van der Waals surface area (Å²) in [5.41, 5.74) is 1.61. The first-order valence-corrected chi connectivity index (χ1v) is 11.6. The van der Waals surface area contributed by atoms with E-state index in [4.69, 9.17) is 0 Å². The molecule has 0 bridgehead atoms. The minimum Gasteiger partial charge on any atom is -0.326 e. The van der Waals surface area contributed by atoms with Crippen LogP contribution in [-0.2, 0) is 9.59 Å². The van der Waals surface area contributed by atoms with Crippen molar-refractivity contribution in [3.8, 4) is 0 Å². The quantitative estimate of drug-likeness (QED) is 0.403. The molecule has 1 fully saturated rings. The van der Waals surface area contributed by atoms with E-state index in [2.05, 4.69) is 22.0 Å².